The van der Waals surface area contributed by atoms with Crippen LogP contribution in [-0.4, -0.2) is 17.3 Å². The highest BCUT2D eigenvalue weighted by molar-refractivity contribution is 5.39. The SMILES string of the molecule is CC1=C(C)C2(C)OC1(C)CC2OCc1ccccc1. The van der Waals surface area contributed by atoms with Crippen LogP contribution in [0.4, 0.5) is 0 Å². The molecule has 1 fully saturated rings. The Bertz CT molecular complexity index is 519. The Hall–Kier alpha value is -1.12. The van der Waals surface area contributed by atoms with Crippen LogP contribution < -0.4 is 0 Å². The van der Waals surface area contributed by atoms with Gasteiger partial charge in [0.25, 0.3) is 0 Å². The fraction of sp³-hybridized carbons (Fsp3) is 0.529. The second-order valence-electron chi connectivity index (χ2n) is 6.18. The third kappa shape index (κ3) is 1.86. The van der Waals surface area contributed by atoms with E-state index in [-0.39, 0.29) is 17.3 Å². The first-order chi connectivity index (χ1) is 8.96. The standard InChI is InChI=1S/C17H22O2/c1-12-13(2)17(4)15(10-16(12,3)19-17)18-11-14-8-6-5-7-9-14/h5-9,15H,10-11H2,1-4H3. The maximum absolute atomic E-state index is 6.27. The van der Waals surface area contributed by atoms with Crippen molar-refractivity contribution in [1.82, 2.24) is 0 Å². The van der Waals surface area contributed by atoms with Crippen LogP contribution in [0.25, 0.3) is 0 Å². The summed E-state index contributed by atoms with van der Waals surface area (Å²) >= 11 is 0. The molecule has 2 aliphatic rings. The lowest BCUT2D eigenvalue weighted by molar-refractivity contribution is -0.0731. The van der Waals surface area contributed by atoms with Crippen LogP contribution in [-0.2, 0) is 16.1 Å². The molecule has 2 heterocycles. The van der Waals surface area contributed by atoms with E-state index in [1.165, 1.54) is 16.7 Å². The number of rotatable bonds is 3. The topological polar surface area (TPSA) is 18.5 Å². The zero-order valence-corrected chi connectivity index (χ0v) is 12.2. The van der Waals surface area contributed by atoms with Crippen molar-refractivity contribution < 1.29 is 9.47 Å². The third-order valence-electron chi connectivity index (χ3n) is 5.02. The average molecular weight is 258 g/mol. The Labute approximate surface area is 115 Å². The lowest BCUT2D eigenvalue weighted by Crippen LogP contribution is -2.39. The van der Waals surface area contributed by atoms with Gasteiger partial charge >= 0.3 is 0 Å². The van der Waals surface area contributed by atoms with Crippen molar-refractivity contribution in [3.63, 3.8) is 0 Å². The van der Waals surface area contributed by atoms with Crippen molar-refractivity contribution in [2.24, 2.45) is 0 Å². The highest BCUT2D eigenvalue weighted by atomic mass is 16.6. The first kappa shape index (κ1) is 12.9. The Balaban J connectivity index is 1.75. The molecule has 0 radical (unpaired) electrons. The largest absolute Gasteiger partial charge is 0.370 e. The van der Waals surface area contributed by atoms with E-state index in [9.17, 15) is 0 Å². The summed E-state index contributed by atoms with van der Waals surface area (Å²) in [7, 11) is 0. The minimum Gasteiger partial charge on any atom is -0.370 e. The molecule has 3 rings (SSSR count). The fourth-order valence-electron chi connectivity index (χ4n) is 3.43. The molecule has 2 bridgehead atoms. The number of fused-ring (bicyclic) bond motifs is 2. The Kier molecular flexibility index (Phi) is 2.84. The molecule has 3 atom stereocenters. The first-order valence-electron chi connectivity index (χ1n) is 7.00. The minimum atomic E-state index is -0.242. The molecule has 2 nitrogen and oxygen atoms in total. The van der Waals surface area contributed by atoms with Gasteiger partial charge in [-0.2, -0.15) is 0 Å². The summed E-state index contributed by atoms with van der Waals surface area (Å²) in [5, 5.41) is 0. The maximum Gasteiger partial charge on any atom is 0.114 e. The Morgan fingerprint density at radius 3 is 2.42 bits per heavy atom. The zero-order chi connectivity index (χ0) is 13.7. The number of hydrogen-bond acceptors (Lipinski definition) is 2. The third-order valence-corrected chi connectivity index (χ3v) is 5.02. The molecular formula is C17H22O2. The van der Waals surface area contributed by atoms with Gasteiger partial charge in [0.15, 0.2) is 0 Å². The van der Waals surface area contributed by atoms with E-state index in [2.05, 4.69) is 39.8 Å². The van der Waals surface area contributed by atoms with Crippen molar-refractivity contribution in [3.05, 3.63) is 47.0 Å². The fourth-order valence-corrected chi connectivity index (χ4v) is 3.43. The van der Waals surface area contributed by atoms with Gasteiger partial charge < -0.3 is 9.47 Å². The smallest absolute Gasteiger partial charge is 0.114 e. The van der Waals surface area contributed by atoms with Crippen molar-refractivity contribution in [2.75, 3.05) is 0 Å². The number of benzene rings is 1. The Morgan fingerprint density at radius 2 is 1.84 bits per heavy atom. The van der Waals surface area contributed by atoms with E-state index in [0.29, 0.717) is 6.61 Å². The minimum absolute atomic E-state index is 0.125. The highest BCUT2D eigenvalue weighted by Gasteiger charge is 2.59. The van der Waals surface area contributed by atoms with Crippen LogP contribution >= 0.6 is 0 Å². The highest BCUT2D eigenvalue weighted by Crippen LogP contribution is 2.54. The molecule has 102 valence electrons. The van der Waals surface area contributed by atoms with Gasteiger partial charge in [-0.3, -0.25) is 0 Å². The van der Waals surface area contributed by atoms with Gasteiger partial charge in [-0.1, -0.05) is 30.3 Å². The molecule has 2 heteroatoms. The maximum atomic E-state index is 6.27. The molecule has 1 saturated heterocycles. The van der Waals surface area contributed by atoms with Crippen LogP contribution in [0.2, 0.25) is 0 Å². The molecule has 3 unspecified atom stereocenters. The predicted molar refractivity (Wildman–Crippen MR) is 75.9 cm³/mol. The molecule has 1 aromatic carbocycles. The van der Waals surface area contributed by atoms with E-state index >= 15 is 0 Å². The zero-order valence-electron chi connectivity index (χ0n) is 12.2. The van der Waals surface area contributed by atoms with E-state index in [4.69, 9.17) is 9.47 Å². The first-order valence-corrected chi connectivity index (χ1v) is 7.00. The molecule has 0 aromatic heterocycles. The molecule has 2 aliphatic heterocycles. The van der Waals surface area contributed by atoms with Gasteiger partial charge in [0.2, 0.25) is 0 Å². The van der Waals surface area contributed by atoms with Gasteiger partial charge in [0, 0.05) is 6.42 Å². The van der Waals surface area contributed by atoms with Gasteiger partial charge in [-0.25, -0.2) is 0 Å². The van der Waals surface area contributed by atoms with Crippen molar-refractivity contribution >= 4 is 0 Å². The average Bonchev–Trinajstić information content (AvgIpc) is 2.77. The quantitative estimate of drug-likeness (QED) is 0.766. The molecule has 0 saturated carbocycles. The van der Waals surface area contributed by atoms with Crippen LogP contribution in [0.15, 0.2) is 41.5 Å². The van der Waals surface area contributed by atoms with Crippen molar-refractivity contribution in [3.8, 4) is 0 Å². The predicted octanol–water partition coefficient (Wildman–Crippen LogP) is 3.86. The monoisotopic (exact) mass is 258 g/mol. The normalized spacial score (nSPS) is 37.2. The van der Waals surface area contributed by atoms with Gasteiger partial charge in [0.05, 0.1) is 18.3 Å². The summed E-state index contributed by atoms with van der Waals surface area (Å²) in [6.07, 6.45) is 1.11. The van der Waals surface area contributed by atoms with Gasteiger partial charge in [-0.05, 0) is 44.4 Å². The second kappa shape index (κ2) is 4.19. The molecule has 0 spiro atoms. The number of hydrogen-bond donors (Lipinski definition) is 0. The molecule has 1 aromatic rings. The van der Waals surface area contributed by atoms with Gasteiger partial charge in [-0.15, -0.1) is 0 Å². The van der Waals surface area contributed by atoms with Crippen molar-refractivity contribution in [2.45, 2.75) is 58.0 Å². The van der Waals surface area contributed by atoms with E-state index in [1.807, 2.05) is 18.2 Å². The second-order valence-corrected chi connectivity index (χ2v) is 6.18. The van der Waals surface area contributed by atoms with E-state index < -0.39 is 0 Å². The molecule has 19 heavy (non-hydrogen) atoms. The Morgan fingerprint density at radius 1 is 1.16 bits per heavy atom. The summed E-state index contributed by atoms with van der Waals surface area (Å²) in [5.74, 6) is 0. The van der Waals surface area contributed by atoms with Crippen LogP contribution in [0.3, 0.4) is 0 Å². The summed E-state index contributed by atoms with van der Waals surface area (Å²) in [6, 6.07) is 10.3. The summed E-state index contributed by atoms with van der Waals surface area (Å²) in [4.78, 5) is 0. The molecular weight excluding hydrogens is 236 g/mol. The molecule has 0 amide bonds. The van der Waals surface area contributed by atoms with Crippen LogP contribution in [0.5, 0.6) is 0 Å². The van der Waals surface area contributed by atoms with E-state index in [1.54, 1.807) is 0 Å². The number of ether oxygens (including phenoxy) is 2. The van der Waals surface area contributed by atoms with Crippen molar-refractivity contribution in [1.29, 1.82) is 0 Å². The molecule has 0 N–H and O–H groups in total. The van der Waals surface area contributed by atoms with Gasteiger partial charge in [0.1, 0.15) is 5.60 Å². The lowest BCUT2D eigenvalue weighted by Gasteiger charge is -2.31. The van der Waals surface area contributed by atoms with E-state index in [0.717, 1.165) is 6.42 Å². The summed E-state index contributed by atoms with van der Waals surface area (Å²) < 4.78 is 12.4. The summed E-state index contributed by atoms with van der Waals surface area (Å²) in [6.45, 7) is 9.38. The molecule has 0 aliphatic carbocycles. The van der Waals surface area contributed by atoms with Crippen LogP contribution in [0.1, 0.15) is 39.7 Å². The lowest BCUT2D eigenvalue weighted by atomic mass is 9.77. The summed E-state index contributed by atoms with van der Waals surface area (Å²) in [5.41, 5.74) is 3.58. The van der Waals surface area contributed by atoms with Crippen LogP contribution in [0, 0.1) is 0 Å².